The molecule has 0 atom stereocenters. The van der Waals surface area contributed by atoms with Crippen LogP contribution in [0.15, 0.2) is 210 Å². The summed E-state index contributed by atoms with van der Waals surface area (Å²) in [5.74, 6) is -0.248. The number of benzene rings is 9. The quantitative estimate of drug-likeness (QED) is 0.164. The first-order valence-corrected chi connectivity index (χ1v) is 21.4. The van der Waals surface area contributed by atoms with E-state index in [-0.39, 0.29) is 19.2 Å². The Kier molecular flexibility index (Phi) is 7.34. The van der Waals surface area contributed by atoms with Gasteiger partial charge in [-0.1, -0.05) is 175 Å². The topological polar surface area (TPSA) is 6.48 Å². The number of halogens is 1. The second kappa shape index (κ2) is 13.0. The van der Waals surface area contributed by atoms with Crippen molar-refractivity contribution >= 4 is 92.1 Å². The van der Waals surface area contributed by atoms with Crippen molar-refractivity contribution in [3.8, 4) is 33.4 Å². The molecule has 0 saturated heterocycles. The molecule has 278 valence electrons. The van der Waals surface area contributed by atoms with E-state index in [1.54, 1.807) is 12.1 Å². The molecule has 0 radical (unpaired) electrons. The van der Waals surface area contributed by atoms with Gasteiger partial charge in [0.25, 0.3) is 6.71 Å². The largest absolute Gasteiger partial charge is 0.312 e. The highest BCUT2D eigenvalue weighted by Gasteiger charge is 2.50. The number of rotatable bonds is 4. The Labute approximate surface area is 353 Å². The Morgan fingerprint density at radius 1 is 0.333 bits per heavy atom. The predicted octanol–water partition coefficient (Wildman–Crippen LogP) is 10.2. The van der Waals surface area contributed by atoms with Gasteiger partial charge in [-0.3, -0.25) is 0 Å². The van der Waals surface area contributed by atoms with Crippen LogP contribution in [0, 0.1) is 5.82 Å². The standard InChI is InChI=1S/C54H33B2FN2S/c57-44-21-11-12-22-46(44)58-45-29-26-37(34-14-4-1-5-15-34)30-43(45)56-41-28-25-39(36-18-8-3-9-19-36)32-48(41)59-47-31-38(35-16-6-2-7-17-35)24-27-40(47)55-42-20-10-13-23-50(42)60-51-33-49(58)52(56)54(59)53(51)55/h1-33H. The molecule has 13 rings (SSSR count). The van der Waals surface area contributed by atoms with E-state index in [2.05, 4.69) is 186 Å². The van der Waals surface area contributed by atoms with Crippen LogP contribution in [0.2, 0.25) is 0 Å². The summed E-state index contributed by atoms with van der Waals surface area (Å²) in [4.78, 5) is 7.25. The number of para-hydroxylation sites is 1. The zero-order valence-corrected chi connectivity index (χ0v) is 33.2. The van der Waals surface area contributed by atoms with Crippen LogP contribution in [0.1, 0.15) is 0 Å². The average molecular weight is 783 g/mol. The number of hydrogen-bond donors (Lipinski definition) is 0. The summed E-state index contributed by atoms with van der Waals surface area (Å²) in [7, 11) is 0. The van der Waals surface area contributed by atoms with Crippen LogP contribution < -0.4 is 42.6 Å². The van der Waals surface area contributed by atoms with Crippen molar-refractivity contribution in [1.29, 1.82) is 0 Å². The van der Waals surface area contributed by atoms with Crippen LogP contribution in [-0.2, 0) is 0 Å². The third kappa shape index (κ3) is 4.86. The Bertz CT molecular complexity index is 3230. The molecule has 0 aliphatic carbocycles. The maximum absolute atomic E-state index is 16.5. The van der Waals surface area contributed by atoms with Crippen LogP contribution in [0.5, 0.6) is 0 Å². The molecule has 0 N–H and O–H groups in total. The van der Waals surface area contributed by atoms with Gasteiger partial charge in [0.15, 0.2) is 0 Å². The molecule has 9 aromatic rings. The SMILES string of the molecule is Fc1ccccc1N1c2ccc(-c3ccccc3)cc2B2c3ccc(-c4ccccc4)cc3N3c4cc(-c5ccccc5)ccc4B4c5ccccc5Sc5cc1c2c3c54. The second-order valence-corrected chi connectivity index (χ2v) is 17.2. The number of nitrogens with zero attached hydrogens (tertiary/aromatic N) is 2. The van der Waals surface area contributed by atoms with Gasteiger partial charge in [0.05, 0.1) is 5.69 Å². The molecular formula is C54H33B2FN2S. The summed E-state index contributed by atoms with van der Waals surface area (Å²) in [6.07, 6.45) is 0. The van der Waals surface area contributed by atoms with Crippen LogP contribution in [-0.4, -0.2) is 13.4 Å². The summed E-state index contributed by atoms with van der Waals surface area (Å²) >= 11 is 1.84. The summed E-state index contributed by atoms with van der Waals surface area (Å²) in [6.45, 7) is -0.0907. The number of hydrogen-bond acceptors (Lipinski definition) is 3. The minimum Gasteiger partial charge on any atom is -0.312 e. The van der Waals surface area contributed by atoms with E-state index < -0.39 is 0 Å². The average Bonchev–Trinajstić information content (AvgIpc) is 3.31. The third-order valence-electron chi connectivity index (χ3n) is 13.0. The maximum Gasteiger partial charge on any atom is 0.252 e. The van der Waals surface area contributed by atoms with E-state index in [1.807, 2.05) is 23.9 Å². The van der Waals surface area contributed by atoms with E-state index in [0.717, 1.165) is 22.5 Å². The Balaban J connectivity index is 1.18. The van der Waals surface area contributed by atoms with Gasteiger partial charge < -0.3 is 9.80 Å². The molecule has 2 nitrogen and oxygen atoms in total. The summed E-state index contributed by atoms with van der Waals surface area (Å²) in [5, 5.41) is 0. The van der Waals surface area contributed by atoms with Crippen molar-refractivity contribution in [3.63, 3.8) is 0 Å². The van der Waals surface area contributed by atoms with Gasteiger partial charge in [-0.2, -0.15) is 0 Å². The van der Waals surface area contributed by atoms with Crippen LogP contribution in [0.25, 0.3) is 33.4 Å². The van der Waals surface area contributed by atoms with E-state index in [4.69, 9.17) is 0 Å². The smallest absolute Gasteiger partial charge is 0.252 e. The van der Waals surface area contributed by atoms with E-state index >= 15 is 4.39 Å². The molecule has 6 heteroatoms. The van der Waals surface area contributed by atoms with Gasteiger partial charge in [-0.25, -0.2) is 4.39 Å². The van der Waals surface area contributed by atoms with Gasteiger partial charge >= 0.3 is 0 Å². The fourth-order valence-electron chi connectivity index (χ4n) is 10.4. The van der Waals surface area contributed by atoms with Crippen molar-refractivity contribution in [2.45, 2.75) is 9.79 Å². The molecule has 0 bridgehead atoms. The minimum absolute atomic E-state index is 0.0206. The molecule has 9 aromatic carbocycles. The third-order valence-corrected chi connectivity index (χ3v) is 14.1. The highest BCUT2D eigenvalue weighted by molar-refractivity contribution is 8.00. The fourth-order valence-corrected chi connectivity index (χ4v) is 11.6. The first-order chi connectivity index (χ1) is 29.7. The first kappa shape index (κ1) is 33.9. The van der Waals surface area contributed by atoms with E-state index in [9.17, 15) is 0 Å². The van der Waals surface area contributed by atoms with Gasteiger partial charge in [0.1, 0.15) is 5.82 Å². The molecule has 0 saturated carbocycles. The summed E-state index contributed by atoms with van der Waals surface area (Å²) in [5.41, 5.74) is 20.7. The zero-order valence-electron chi connectivity index (χ0n) is 32.4. The van der Waals surface area contributed by atoms with Crippen molar-refractivity contribution in [2.24, 2.45) is 0 Å². The van der Waals surface area contributed by atoms with Crippen LogP contribution >= 0.6 is 11.8 Å². The lowest BCUT2D eigenvalue weighted by Crippen LogP contribution is -2.68. The Morgan fingerprint density at radius 3 is 1.50 bits per heavy atom. The number of fused-ring (bicyclic) bond motifs is 10. The van der Waals surface area contributed by atoms with Gasteiger partial charge in [0.2, 0.25) is 6.71 Å². The van der Waals surface area contributed by atoms with Gasteiger partial charge in [-0.15, -0.1) is 0 Å². The zero-order chi connectivity index (χ0) is 39.5. The number of anilines is 6. The normalized spacial score (nSPS) is 13.6. The summed E-state index contributed by atoms with van der Waals surface area (Å²) in [6, 6.07) is 71.6. The highest BCUT2D eigenvalue weighted by atomic mass is 32.2. The molecule has 4 aliphatic rings. The summed E-state index contributed by atoms with van der Waals surface area (Å²) < 4.78 is 16.5. The van der Waals surface area contributed by atoms with E-state index in [0.29, 0.717) is 5.69 Å². The lowest BCUT2D eigenvalue weighted by atomic mass is 9.29. The lowest BCUT2D eigenvalue weighted by molar-refractivity contribution is 0.629. The minimum atomic E-state index is -0.248. The first-order valence-electron chi connectivity index (χ1n) is 20.6. The molecule has 4 heterocycles. The van der Waals surface area contributed by atoms with E-state index in [1.165, 1.54) is 81.9 Å². The van der Waals surface area contributed by atoms with Crippen molar-refractivity contribution < 1.29 is 4.39 Å². The molecule has 0 spiro atoms. The Hall–Kier alpha value is -7.01. The van der Waals surface area contributed by atoms with Gasteiger partial charge in [0, 0.05) is 38.2 Å². The van der Waals surface area contributed by atoms with Crippen LogP contribution in [0.3, 0.4) is 0 Å². The molecule has 4 aliphatic heterocycles. The second-order valence-electron chi connectivity index (χ2n) is 16.1. The van der Waals surface area contributed by atoms with Gasteiger partial charge in [-0.05, 0) is 103 Å². The molecular weight excluding hydrogens is 749 g/mol. The molecule has 0 aromatic heterocycles. The Morgan fingerprint density at radius 2 is 0.867 bits per heavy atom. The molecule has 0 amide bonds. The molecule has 0 unspecified atom stereocenters. The van der Waals surface area contributed by atoms with Crippen LogP contribution in [0.4, 0.5) is 38.5 Å². The highest BCUT2D eigenvalue weighted by Crippen LogP contribution is 2.49. The van der Waals surface area contributed by atoms with Crippen molar-refractivity contribution in [1.82, 2.24) is 0 Å². The maximum atomic E-state index is 16.5. The van der Waals surface area contributed by atoms with Crippen molar-refractivity contribution in [3.05, 3.63) is 206 Å². The molecule has 0 fully saturated rings. The monoisotopic (exact) mass is 782 g/mol. The molecule has 60 heavy (non-hydrogen) atoms. The lowest BCUT2D eigenvalue weighted by Gasteiger charge is -2.49. The fraction of sp³-hybridized carbons (Fsp3) is 0. The predicted molar refractivity (Wildman–Crippen MR) is 252 cm³/mol. The van der Waals surface area contributed by atoms with Crippen molar-refractivity contribution in [2.75, 3.05) is 9.80 Å².